The van der Waals surface area contributed by atoms with E-state index < -0.39 is 97.5 Å². The van der Waals surface area contributed by atoms with Gasteiger partial charge in [-0.15, -0.1) is 0 Å². The minimum atomic E-state index is -4.96. The van der Waals surface area contributed by atoms with E-state index in [2.05, 4.69) is 41.5 Å². The van der Waals surface area contributed by atoms with Gasteiger partial charge in [-0.3, -0.25) is 37.3 Å². The predicted molar refractivity (Wildman–Crippen MR) is 414 cm³/mol. The minimum Gasteiger partial charge on any atom is -0.462 e. The molecule has 0 saturated carbocycles. The molecule has 0 saturated heterocycles. The molecule has 0 aliphatic carbocycles. The number of rotatable bonds is 81. The molecular weight excluding hydrogens is 1320 g/mol. The van der Waals surface area contributed by atoms with Gasteiger partial charge in [0.1, 0.15) is 19.3 Å². The van der Waals surface area contributed by atoms with Crippen LogP contribution < -0.4 is 0 Å². The van der Waals surface area contributed by atoms with Crippen LogP contribution >= 0.6 is 15.6 Å². The second kappa shape index (κ2) is 73.6. The van der Waals surface area contributed by atoms with Crippen LogP contribution in [0.5, 0.6) is 0 Å². The molecule has 17 nitrogen and oxygen atoms in total. The number of unbranched alkanes of at least 4 members (excludes halogenated alkanes) is 50. The molecule has 0 aromatic rings. The summed E-state index contributed by atoms with van der Waals surface area (Å²) in [6.07, 6.45) is 64.0. The van der Waals surface area contributed by atoms with Gasteiger partial charge in [-0.25, -0.2) is 9.13 Å². The lowest BCUT2D eigenvalue weighted by molar-refractivity contribution is -0.161. The molecule has 0 spiro atoms. The molecule has 3 N–H and O–H groups in total. The van der Waals surface area contributed by atoms with Gasteiger partial charge in [0.25, 0.3) is 0 Å². The van der Waals surface area contributed by atoms with E-state index >= 15 is 0 Å². The van der Waals surface area contributed by atoms with Gasteiger partial charge >= 0.3 is 39.5 Å². The van der Waals surface area contributed by atoms with Gasteiger partial charge in [-0.1, -0.05) is 382 Å². The van der Waals surface area contributed by atoms with Crippen molar-refractivity contribution >= 4 is 39.5 Å². The molecule has 19 heteroatoms. The first kappa shape index (κ1) is 99.1. The highest BCUT2D eigenvalue weighted by Crippen LogP contribution is 2.45. The van der Waals surface area contributed by atoms with Crippen molar-refractivity contribution in [2.45, 2.75) is 452 Å². The molecule has 6 atom stereocenters. The summed E-state index contributed by atoms with van der Waals surface area (Å²) < 4.78 is 68.6. The first-order chi connectivity index (χ1) is 48.9. The Labute approximate surface area is 619 Å². The maximum absolute atomic E-state index is 13.1. The average molecular weight is 1480 g/mol. The zero-order valence-electron chi connectivity index (χ0n) is 66.2. The van der Waals surface area contributed by atoms with E-state index in [1.807, 2.05) is 0 Å². The van der Waals surface area contributed by atoms with Crippen molar-refractivity contribution in [1.82, 2.24) is 0 Å². The highest BCUT2D eigenvalue weighted by Gasteiger charge is 2.30. The molecule has 0 fully saturated rings. The zero-order chi connectivity index (χ0) is 74.2. The van der Waals surface area contributed by atoms with Crippen molar-refractivity contribution in [3.05, 3.63) is 0 Å². The minimum absolute atomic E-state index is 0.107. The van der Waals surface area contributed by atoms with Crippen molar-refractivity contribution < 1.29 is 80.2 Å². The summed E-state index contributed by atoms with van der Waals surface area (Å²) in [5, 5.41) is 10.6. The number of aliphatic hydroxyl groups is 1. The molecule has 0 aromatic heterocycles. The summed E-state index contributed by atoms with van der Waals surface area (Å²) in [6.45, 7) is 9.68. The predicted octanol–water partition coefficient (Wildman–Crippen LogP) is 24.7. The third kappa shape index (κ3) is 74.7. The second-order valence-electron chi connectivity index (χ2n) is 30.2. The number of ether oxygens (including phenoxy) is 4. The van der Waals surface area contributed by atoms with Crippen LogP contribution in [0.2, 0.25) is 0 Å². The van der Waals surface area contributed by atoms with Crippen LogP contribution in [-0.4, -0.2) is 96.7 Å². The SMILES string of the molecule is CCCCCCCCCCCCCCCCCCCC(=O)OC[C@H](COP(=O)(O)OC[C@@H](O)COP(=O)(O)OC[C@@H](COC(=O)CCCCCCCCC)OC(=O)CCCCCCCCCCCCCCC(C)C)OC(=O)CCCCCCCCCCCCCCCCCCCCC(C)CC. The Bertz CT molecular complexity index is 1940. The third-order valence-corrected chi connectivity index (χ3v) is 21.5. The van der Waals surface area contributed by atoms with Crippen molar-refractivity contribution in [3.63, 3.8) is 0 Å². The van der Waals surface area contributed by atoms with Gasteiger partial charge in [-0.2, -0.15) is 0 Å². The summed E-state index contributed by atoms with van der Waals surface area (Å²) in [6, 6.07) is 0. The first-order valence-electron chi connectivity index (χ1n) is 42.5. The zero-order valence-corrected chi connectivity index (χ0v) is 68.0. The first-order valence-corrected chi connectivity index (χ1v) is 45.5. The molecule has 0 bridgehead atoms. The Kier molecular flexibility index (Phi) is 72.2. The number of hydrogen-bond acceptors (Lipinski definition) is 15. The largest absolute Gasteiger partial charge is 0.472 e. The van der Waals surface area contributed by atoms with Gasteiger partial charge in [0.2, 0.25) is 0 Å². The lowest BCUT2D eigenvalue weighted by Crippen LogP contribution is -2.30. The normalized spacial score (nSPS) is 14.2. The van der Waals surface area contributed by atoms with E-state index in [1.165, 1.54) is 238 Å². The second-order valence-corrected chi connectivity index (χ2v) is 33.1. The lowest BCUT2D eigenvalue weighted by atomic mass is 9.99. The summed E-state index contributed by atoms with van der Waals surface area (Å²) in [4.78, 5) is 72.9. The van der Waals surface area contributed by atoms with E-state index in [0.29, 0.717) is 25.7 Å². The van der Waals surface area contributed by atoms with Gasteiger partial charge in [0.05, 0.1) is 26.4 Å². The van der Waals surface area contributed by atoms with Crippen LogP contribution in [0.1, 0.15) is 433 Å². The van der Waals surface area contributed by atoms with Gasteiger partial charge in [0, 0.05) is 25.7 Å². The molecule has 600 valence electrons. The Morgan fingerprint density at radius 2 is 0.505 bits per heavy atom. The number of esters is 4. The number of carbonyl (C=O) groups is 4. The summed E-state index contributed by atoms with van der Waals surface area (Å²) in [5.41, 5.74) is 0. The number of phosphoric ester groups is 2. The molecule has 0 radical (unpaired) electrons. The summed E-state index contributed by atoms with van der Waals surface area (Å²) in [5.74, 6) is -0.464. The summed E-state index contributed by atoms with van der Waals surface area (Å²) in [7, 11) is -9.91. The topological polar surface area (TPSA) is 237 Å². The van der Waals surface area contributed by atoms with Crippen LogP contribution in [0.4, 0.5) is 0 Å². The molecule has 101 heavy (non-hydrogen) atoms. The number of aliphatic hydroxyl groups excluding tert-OH is 1. The Hall–Kier alpha value is -1.94. The molecular formula is C82H160O17P2. The molecule has 0 amide bonds. The van der Waals surface area contributed by atoms with E-state index in [4.69, 9.17) is 37.0 Å². The Morgan fingerprint density at radius 3 is 0.752 bits per heavy atom. The Morgan fingerprint density at radius 1 is 0.287 bits per heavy atom. The number of hydrogen-bond donors (Lipinski definition) is 3. The number of phosphoric acid groups is 2. The smallest absolute Gasteiger partial charge is 0.462 e. The average Bonchev–Trinajstić information content (AvgIpc) is 3.16. The van der Waals surface area contributed by atoms with E-state index in [-0.39, 0.29) is 25.7 Å². The lowest BCUT2D eigenvalue weighted by Gasteiger charge is -2.21. The van der Waals surface area contributed by atoms with Crippen molar-refractivity contribution in [1.29, 1.82) is 0 Å². The summed E-state index contributed by atoms with van der Waals surface area (Å²) >= 11 is 0. The van der Waals surface area contributed by atoms with Gasteiger partial charge in [0.15, 0.2) is 12.2 Å². The molecule has 0 aliphatic heterocycles. The number of carbonyl (C=O) groups excluding carboxylic acids is 4. The quantitative estimate of drug-likeness (QED) is 0.0222. The van der Waals surface area contributed by atoms with Crippen LogP contribution in [0.15, 0.2) is 0 Å². The van der Waals surface area contributed by atoms with E-state index in [0.717, 1.165) is 115 Å². The van der Waals surface area contributed by atoms with Crippen molar-refractivity contribution in [2.75, 3.05) is 39.6 Å². The molecule has 0 aliphatic rings. The van der Waals surface area contributed by atoms with Gasteiger partial charge in [-0.05, 0) is 37.5 Å². The fourth-order valence-corrected chi connectivity index (χ4v) is 14.3. The van der Waals surface area contributed by atoms with Crippen LogP contribution in [0.3, 0.4) is 0 Å². The highest BCUT2D eigenvalue weighted by atomic mass is 31.2. The molecule has 0 heterocycles. The van der Waals surface area contributed by atoms with E-state index in [1.54, 1.807) is 0 Å². The molecule has 0 aromatic carbocycles. The third-order valence-electron chi connectivity index (χ3n) is 19.6. The monoisotopic (exact) mass is 1480 g/mol. The van der Waals surface area contributed by atoms with Crippen LogP contribution in [-0.2, 0) is 65.4 Å². The standard InChI is InChI=1S/C82H160O17P2/c1-7-10-12-14-16-17-18-19-20-23-27-30-36-41-47-53-59-65-80(85)93-71-78(99-82(87)66-60-54-48-42-37-31-28-25-22-21-24-26-29-35-40-46-51-57-63-75(6)9-3)73-97-101(90,91)95-69-76(83)68-94-100(88,89)96-72-77(70-92-79(84)64-58-52-44-15-13-11-8-2)98-81(86)67-61-55-49-43-38-33-32-34-39-45-50-56-62-74(4)5/h74-78,83H,7-73H2,1-6H3,(H,88,89)(H,90,91)/t75?,76-,77+,78+/m0/s1. The molecule has 3 unspecified atom stereocenters. The van der Waals surface area contributed by atoms with Crippen molar-refractivity contribution in [3.8, 4) is 0 Å². The van der Waals surface area contributed by atoms with Gasteiger partial charge < -0.3 is 33.8 Å². The van der Waals surface area contributed by atoms with Crippen LogP contribution in [0.25, 0.3) is 0 Å². The Balaban J connectivity index is 5.17. The van der Waals surface area contributed by atoms with Crippen LogP contribution in [0, 0.1) is 11.8 Å². The highest BCUT2D eigenvalue weighted by molar-refractivity contribution is 7.47. The molecule has 0 rings (SSSR count). The van der Waals surface area contributed by atoms with E-state index in [9.17, 15) is 43.2 Å². The van der Waals surface area contributed by atoms with Crippen molar-refractivity contribution in [2.24, 2.45) is 11.8 Å². The maximum atomic E-state index is 13.1. The fourth-order valence-electron chi connectivity index (χ4n) is 12.7. The maximum Gasteiger partial charge on any atom is 0.472 e. The fraction of sp³-hybridized carbons (Fsp3) is 0.951.